The number of aromatic nitrogens is 3. The lowest BCUT2D eigenvalue weighted by atomic mass is 10.1. The van der Waals surface area contributed by atoms with Crippen molar-refractivity contribution in [2.45, 2.75) is 20.0 Å². The predicted octanol–water partition coefficient (Wildman–Crippen LogP) is 3.91. The van der Waals surface area contributed by atoms with Crippen LogP contribution in [0.5, 0.6) is 5.75 Å². The molecule has 7 nitrogen and oxygen atoms in total. The van der Waals surface area contributed by atoms with Crippen molar-refractivity contribution < 1.29 is 9.53 Å². The van der Waals surface area contributed by atoms with Gasteiger partial charge in [-0.2, -0.15) is 5.10 Å². The molecular formula is C26H25ClN4O3. The van der Waals surface area contributed by atoms with Crippen LogP contribution in [0.1, 0.15) is 27.2 Å². The minimum absolute atomic E-state index is 0.0274. The summed E-state index contributed by atoms with van der Waals surface area (Å²) in [6.45, 7) is 3.57. The second kappa shape index (κ2) is 10.9. The van der Waals surface area contributed by atoms with Crippen molar-refractivity contribution in [3.63, 3.8) is 0 Å². The molecule has 2 aromatic heterocycles. The SMILES string of the molecule is Cc1nn(Cc2ccc(Cn3ccccc3=O)cc2)cc1C(=O)NCCOc1cccc(Cl)c1. The molecule has 0 aliphatic heterocycles. The van der Waals surface area contributed by atoms with Gasteiger partial charge in [0.1, 0.15) is 12.4 Å². The number of rotatable bonds is 9. The van der Waals surface area contributed by atoms with Crippen LogP contribution in [-0.4, -0.2) is 33.4 Å². The van der Waals surface area contributed by atoms with Gasteiger partial charge < -0.3 is 14.6 Å². The van der Waals surface area contributed by atoms with Gasteiger partial charge in [0.05, 0.1) is 30.9 Å². The molecule has 0 unspecified atom stereocenters. The van der Waals surface area contributed by atoms with Crippen molar-refractivity contribution >= 4 is 17.5 Å². The molecule has 34 heavy (non-hydrogen) atoms. The summed E-state index contributed by atoms with van der Waals surface area (Å²) in [5.41, 5.74) is 3.25. The van der Waals surface area contributed by atoms with Gasteiger partial charge in [-0.25, -0.2) is 0 Å². The molecule has 2 heterocycles. The Bertz CT molecular complexity index is 1330. The summed E-state index contributed by atoms with van der Waals surface area (Å²) in [6.07, 6.45) is 3.53. The average molecular weight is 477 g/mol. The first-order valence-electron chi connectivity index (χ1n) is 10.9. The van der Waals surface area contributed by atoms with Gasteiger partial charge in [0.15, 0.2) is 0 Å². The fourth-order valence-electron chi connectivity index (χ4n) is 3.53. The largest absolute Gasteiger partial charge is 0.492 e. The Morgan fingerprint density at radius 3 is 2.53 bits per heavy atom. The van der Waals surface area contributed by atoms with Crippen LogP contribution in [0.25, 0.3) is 0 Å². The second-order valence-corrected chi connectivity index (χ2v) is 8.31. The Morgan fingerprint density at radius 1 is 1.03 bits per heavy atom. The molecule has 1 N–H and O–H groups in total. The van der Waals surface area contributed by atoms with E-state index in [9.17, 15) is 9.59 Å². The molecular weight excluding hydrogens is 452 g/mol. The third-order valence-corrected chi connectivity index (χ3v) is 5.50. The lowest BCUT2D eigenvalue weighted by Crippen LogP contribution is -2.28. The fourth-order valence-corrected chi connectivity index (χ4v) is 3.71. The van der Waals surface area contributed by atoms with Crippen LogP contribution >= 0.6 is 11.6 Å². The Hall–Kier alpha value is -3.84. The van der Waals surface area contributed by atoms with Crippen LogP contribution < -0.4 is 15.6 Å². The van der Waals surface area contributed by atoms with Crippen LogP contribution in [0, 0.1) is 6.92 Å². The third kappa shape index (κ3) is 6.14. The summed E-state index contributed by atoms with van der Waals surface area (Å²) in [5, 5.41) is 7.94. The molecule has 4 aromatic rings. The van der Waals surface area contributed by atoms with Gasteiger partial charge in [-0.05, 0) is 42.3 Å². The number of hydrogen-bond acceptors (Lipinski definition) is 4. The van der Waals surface area contributed by atoms with E-state index in [1.165, 1.54) is 0 Å². The van der Waals surface area contributed by atoms with E-state index in [-0.39, 0.29) is 11.5 Å². The van der Waals surface area contributed by atoms with Gasteiger partial charge in [-0.1, -0.05) is 48.0 Å². The number of ether oxygens (including phenoxy) is 1. The van der Waals surface area contributed by atoms with Crippen LogP contribution in [0.4, 0.5) is 0 Å². The minimum Gasteiger partial charge on any atom is -0.492 e. The molecule has 0 radical (unpaired) electrons. The maximum atomic E-state index is 12.6. The van der Waals surface area contributed by atoms with Crippen LogP contribution in [0.15, 0.2) is 83.9 Å². The molecule has 0 fully saturated rings. The van der Waals surface area contributed by atoms with Crippen LogP contribution in [-0.2, 0) is 13.1 Å². The lowest BCUT2D eigenvalue weighted by molar-refractivity contribution is 0.0946. The predicted molar refractivity (Wildman–Crippen MR) is 132 cm³/mol. The molecule has 4 rings (SSSR count). The Labute approximate surface area is 202 Å². The number of aryl methyl sites for hydroxylation is 1. The van der Waals surface area contributed by atoms with Gasteiger partial charge in [0.2, 0.25) is 0 Å². The van der Waals surface area contributed by atoms with E-state index in [2.05, 4.69) is 10.4 Å². The smallest absolute Gasteiger partial charge is 0.254 e. The summed E-state index contributed by atoms with van der Waals surface area (Å²) < 4.78 is 9.02. The number of halogens is 1. The van der Waals surface area contributed by atoms with E-state index in [0.717, 1.165) is 11.1 Å². The summed E-state index contributed by atoms with van der Waals surface area (Å²) >= 11 is 5.94. The van der Waals surface area contributed by atoms with Crippen molar-refractivity contribution in [2.24, 2.45) is 0 Å². The van der Waals surface area contributed by atoms with Gasteiger partial charge >= 0.3 is 0 Å². The van der Waals surface area contributed by atoms with Gasteiger partial charge in [-0.15, -0.1) is 0 Å². The Morgan fingerprint density at radius 2 is 1.79 bits per heavy atom. The monoisotopic (exact) mass is 476 g/mol. The van der Waals surface area contributed by atoms with Crippen molar-refractivity contribution in [1.82, 2.24) is 19.7 Å². The zero-order chi connectivity index (χ0) is 23.9. The molecule has 0 saturated heterocycles. The molecule has 1 amide bonds. The molecule has 174 valence electrons. The van der Waals surface area contributed by atoms with Crippen LogP contribution in [0.3, 0.4) is 0 Å². The molecule has 0 aliphatic rings. The molecule has 0 saturated carbocycles. The maximum absolute atomic E-state index is 12.6. The normalized spacial score (nSPS) is 10.8. The highest BCUT2D eigenvalue weighted by atomic mass is 35.5. The number of carbonyl (C=O) groups is 1. The van der Waals surface area contributed by atoms with E-state index in [1.54, 1.807) is 45.9 Å². The van der Waals surface area contributed by atoms with E-state index in [0.29, 0.717) is 48.3 Å². The van der Waals surface area contributed by atoms with E-state index < -0.39 is 0 Å². The van der Waals surface area contributed by atoms with Gasteiger partial charge in [0.25, 0.3) is 11.5 Å². The summed E-state index contributed by atoms with van der Waals surface area (Å²) in [6, 6.07) is 20.3. The average Bonchev–Trinajstić information content (AvgIpc) is 3.19. The first-order valence-corrected chi connectivity index (χ1v) is 11.3. The van der Waals surface area contributed by atoms with Crippen molar-refractivity contribution in [1.29, 1.82) is 0 Å². The highest BCUT2D eigenvalue weighted by Crippen LogP contribution is 2.17. The first kappa shape index (κ1) is 23.3. The summed E-state index contributed by atoms with van der Waals surface area (Å²) in [5.74, 6) is 0.467. The quantitative estimate of drug-likeness (QED) is 0.371. The standard InChI is InChI=1S/C26H25ClN4O3/c1-19-24(26(33)28-12-14-34-23-6-4-5-22(27)15-23)18-31(29-19)17-21-10-8-20(9-11-21)16-30-13-3-2-7-25(30)32/h2-11,13,15,18H,12,14,16-17H2,1H3,(H,28,33). The zero-order valence-electron chi connectivity index (χ0n) is 18.8. The maximum Gasteiger partial charge on any atom is 0.254 e. The number of hydrogen-bond donors (Lipinski definition) is 1. The third-order valence-electron chi connectivity index (χ3n) is 5.26. The summed E-state index contributed by atoms with van der Waals surface area (Å²) in [4.78, 5) is 24.5. The molecule has 8 heteroatoms. The number of amides is 1. The number of nitrogens with zero attached hydrogens (tertiary/aromatic N) is 3. The zero-order valence-corrected chi connectivity index (χ0v) is 19.5. The van der Waals surface area contributed by atoms with Crippen LogP contribution in [0.2, 0.25) is 5.02 Å². The molecule has 0 aliphatic carbocycles. The van der Waals surface area contributed by atoms with Gasteiger partial charge in [0, 0.05) is 23.5 Å². The number of carbonyl (C=O) groups excluding carboxylic acids is 1. The highest BCUT2D eigenvalue weighted by molar-refractivity contribution is 6.30. The van der Waals surface area contributed by atoms with Crippen molar-refractivity contribution in [2.75, 3.05) is 13.2 Å². The minimum atomic E-state index is -0.193. The lowest BCUT2D eigenvalue weighted by Gasteiger charge is -2.08. The number of benzene rings is 2. The fraction of sp³-hybridized carbons (Fsp3) is 0.192. The number of nitrogens with one attached hydrogen (secondary N) is 1. The second-order valence-electron chi connectivity index (χ2n) is 7.87. The first-order chi connectivity index (χ1) is 16.5. The topological polar surface area (TPSA) is 78.2 Å². The van der Waals surface area contributed by atoms with Crippen molar-refractivity contribution in [3.05, 3.63) is 117 Å². The molecule has 2 aromatic carbocycles. The molecule has 0 atom stereocenters. The number of pyridine rings is 1. The van der Waals surface area contributed by atoms with E-state index >= 15 is 0 Å². The Balaban J connectivity index is 1.30. The summed E-state index contributed by atoms with van der Waals surface area (Å²) in [7, 11) is 0. The Kier molecular flexibility index (Phi) is 7.44. The molecule has 0 bridgehead atoms. The van der Waals surface area contributed by atoms with E-state index in [4.69, 9.17) is 16.3 Å². The van der Waals surface area contributed by atoms with Crippen molar-refractivity contribution in [3.8, 4) is 5.75 Å². The van der Waals surface area contributed by atoms with Gasteiger partial charge in [-0.3, -0.25) is 14.3 Å². The molecule has 0 spiro atoms. The highest BCUT2D eigenvalue weighted by Gasteiger charge is 2.13. The van der Waals surface area contributed by atoms with E-state index in [1.807, 2.05) is 49.4 Å².